The quantitative estimate of drug-likeness (QED) is 0.801. The number of aromatic nitrogens is 2. The molecule has 144 valence electrons. The standard InChI is InChI=1S/C20H27N5O2/c1-24(2)20(26)15-27-18-9-4-3-7-16(18)13-21-17-8-6-12-25(14-17)19-10-5-11-22-23-19/h3-5,7,9-11,17,21H,6,8,12-15H2,1-2H3/t17-/m1/s1. The van der Waals surface area contributed by atoms with E-state index in [0.29, 0.717) is 12.6 Å². The Balaban J connectivity index is 1.56. The van der Waals surface area contributed by atoms with Crippen molar-refractivity contribution in [3.8, 4) is 5.75 Å². The molecule has 1 atom stereocenters. The van der Waals surface area contributed by atoms with Crippen LogP contribution in [0, 0.1) is 0 Å². The summed E-state index contributed by atoms with van der Waals surface area (Å²) in [6, 6.07) is 12.2. The number of likely N-dealkylation sites (N-methyl/N-ethyl adjacent to an activating group) is 1. The molecule has 0 aliphatic carbocycles. The van der Waals surface area contributed by atoms with E-state index >= 15 is 0 Å². The number of ether oxygens (including phenoxy) is 1. The molecule has 1 fully saturated rings. The maximum absolute atomic E-state index is 11.8. The first kappa shape index (κ1) is 19.1. The van der Waals surface area contributed by atoms with Crippen molar-refractivity contribution in [2.45, 2.75) is 25.4 Å². The smallest absolute Gasteiger partial charge is 0.259 e. The molecule has 1 aliphatic heterocycles. The molecule has 7 heteroatoms. The lowest BCUT2D eigenvalue weighted by Crippen LogP contribution is -2.45. The molecule has 1 N–H and O–H groups in total. The summed E-state index contributed by atoms with van der Waals surface area (Å²) >= 11 is 0. The summed E-state index contributed by atoms with van der Waals surface area (Å²) < 4.78 is 5.73. The summed E-state index contributed by atoms with van der Waals surface area (Å²) in [5, 5.41) is 11.8. The molecule has 3 rings (SSSR count). The van der Waals surface area contributed by atoms with Crippen LogP contribution >= 0.6 is 0 Å². The summed E-state index contributed by atoms with van der Waals surface area (Å²) in [7, 11) is 3.45. The van der Waals surface area contributed by atoms with Crippen molar-refractivity contribution in [2.75, 3.05) is 38.7 Å². The van der Waals surface area contributed by atoms with Gasteiger partial charge in [0.15, 0.2) is 12.4 Å². The second-order valence-corrected chi connectivity index (χ2v) is 6.93. The predicted octanol–water partition coefficient (Wildman–Crippen LogP) is 1.70. The Labute approximate surface area is 160 Å². The van der Waals surface area contributed by atoms with Crippen molar-refractivity contribution in [1.29, 1.82) is 0 Å². The zero-order valence-corrected chi connectivity index (χ0v) is 16.0. The van der Waals surface area contributed by atoms with Gasteiger partial charge in [-0.25, -0.2) is 0 Å². The number of nitrogens with zero attached hydrogens (tertiary/aromatic N) is 4. The monoisotopic (exact) mass is 369 g/mol. The van der Waals surface area contributed by atoms with Crippen molar-refractivity contribution in [2.24, 2.45) is 0 Å². The van der Waals surface area contributed by atoms with E-state index in [1.165, 1.54) is 4.90 Å². The molecule has 7 nitrogen and oxygen atoms in total. The average molecular weight is 369 g/mol. The normalized spacial score (nSPS) is 16.8. The first-order valence-corrected chi connectivity index (χ1v) is 9.30. The average Bonchev–Trinajstić information content (AvgIpc) is 2.72. The van der Waals surface area contributed by atoms with Crippen LogP contribution in [0.3, 0.4) is 0 Å². The lowest BCUT2D eigenvalue weighted by molar-refractivity contribution is -0.130. The molecule has 1 aliphatic rings. The number of hydrogen-bond donors (Lipinski definition) is 1. The molecule has 1 aromatic heterocycles. The number of rotatable bonds is 7. The van der Waals surface area contributed by atoms with Gasteiger partial charge in [0, 0.05) is 51.5 Å². The van der Waals surface area contributed by atoms with Crippen molar-refractivity contribution in [3.05, 3.63) is 48.2 Å². The SMILES string of the molecule is CN(C)C(=O)COc1ccccc1CN[C@@H]1CCCN(c2cccnn2)C1. The number of nitrogens with one attached hydrogen (secondary N) is 1. The van der Waals surface area contributed by atoms with Crippen LogP contribution in [0.4, 0.5) is 5.82 Å². The van der Waals surface area contributed by atoms with Gasteiger partial charge < -0.3 is 19.9 Å². The Morgan fingerprint density at radius 3 is 2.93 bits per heavy atom. The van der Waals surface area contributed by atoms with Gasteiger partial charge in [-0.3, -0.25) is 4.79 Å². The van der Waals surface area contributed by atoms with E-state index in [0.717, 1.165) is 43.1 Å². The number of piperidine rings is 1. The molecule has 27 heavy (non-hydrogen) atoms. The van der Waals surface area contributed by atoms with E-state index < -0.39 is 0 Å². The lowest BCUT2D eigenvalue weighted by atomic mass is 10.0. The third kappa shape index (κ3) is 5.40. The summed E-state index contributed by atoms with van der Waals surface area (Å²) in [5.41, 5.74) is 1.06. The molecular formula is C20H27N5O2. The molecule has 0 saturated carbocycles. The zero-order valence-electron chi connectivity index (χ0n) is 16.0. The van der Waals surface area contributed by atoms with Gasteiger partial charge in [0.05, 0.1) is 0 Å². The molecule has 1 amide bonds. The van der Waals surface area contributed by atoms with E-state index in [4.69, 9.17) is 4.74 Å². The Bertz CT molecular complexity index is 738. The highest BCUT2D eigenvalue weighted by atomic mass is 16.5. The van der Waals surface area contributed by atoms with Gasteiger partial charge in [-0.05, 0) is 31.0 Å². The summed E-state index contributed by atoms with van der Waals surface area (Å²) in [4.78, 5) is 15.6. The minimum Gasteiger partial charge on any atom is -0.483 e. The fourth-order valence-corrected chi connectivity index (χ4v) is 3.13. The molecule has 2 heterocycles. The van der Waals surface area contributed by atoms with Gasteiger partial charge in [-0.2, -0.15) is 5.10 Å². The summed E-state index contributed by atoms with van der Waals surface area (Å²) in [5.74, 6) is 1.63. The van der Waals surface area contributed by atoms with E-state index in [1.807, 2.05) is 36.4 Å². The first-order valence-electron chi connectivity index (χ1n) is 9.30. The van der Waals surface area contributed by atoms with Crippen molar-refractivity contribution in [3.63, 3.8) is 0 Å². The van der Waals surface area contributed by atoms with Crippen molar-refractivity contribution >= 4 is 11.7 Å². The number of carbonyl (C=O) groups excluding carboxylic acids is 1. The van der Waals surface area contributed by atoms with Crippen LogP contribution in [0.1, 0.15) is 18.4 Å². The second-order valence-electron chi connectivity index (χ2n) is 6.93. The number of anilines is 1. The van der Waals surface area contributed by atoms with Gasteiger partial charge in [0.1, 0.15) is 5.75 Å². The van der Waals surface area contributed by atoms with Crippen LogP contribution in [0.2, 0.25) is 0 Å². The second kappa shape index (κ2) is 9.32. The van der Waals surface area contributed by atoms with Crippen molar-refractivity contribution in [1.82, 2.24) is 20.4 Å². The topological polar surface area (TPSA) is 70.6 Å². The highest BCUT2D eigenvalue weighted by Crippen LogP contribution is 2.20. The molecule has 0 unspecified atom stereocenters. The maximum atomic E-state index is 11.8. The summed E-state index contributed by atoms with van der Waals surface area (Å²) in [6.07, 6.45) is 3.93. The Hall–Kier alpha value is -2.67. The Kier molecular flexibility index (Phi) is 6.59. The molecule has 0 bridgehead atoms. The third-order valence-electron chi connectivity index (χ3n) is 4.71. The van der Waals surface area contributed by atoms with Crippen LogP contribution in [0.5, 0.6) is 5.75 Å². The molecular weight excluding hydrogens is 342 g/mol. The van der Waals surface area contributed by atoms with Gasteiger partial charge >= 0.3 is 0 Å². The minimum atomic E-state index is -0.0512. The largest absolute Gasteiger partial charge is 0.483 e. The number of para-hydroxylation sites is 1. The Morgan fingerprint density at radius 1 is 1.30 bits per heavy atom. The van der Waals surface area contributed by atoms with Crippen LogP contribution in [0.25, 0.3) is 0 Å². The van der Waals surface area contributed by atoms with E-state index in [2.05, 4.69) is 20.4 Å². The minimum absolute atomic E-state index is 0.0495. The van der Waals surface area contributed by atoms with Crippen molar-refractivity contribution < 1.29 is 9.53 Å². The lowest BCUT2D eigenvalue weighted by Gasteiger charge is -2.33. The highest BCUT2D eigenvalue weighted by Gasteiger charge is 2.21. The number of benzene rings is 1. The zero-order chi connectivity index (χ0) is 19.1. The summed E-state index contributed by atoms with van der Waals surface area (Å²) in [6.45, 7) is 2.66. The molecule has 1 saturated heterocycles. The molecule has 1 aromatic carbocycles. The number of amides is 1. The molecule has 0 radical (unpaired) electrons. The fourth-order valence-electron chi connectivity index (χ4n) is 3.13. The highest BCUT2D eigenvalue weighted by molar-refractivity contribution is 5.77. The first-order chi connectivity index (χ1) is 13.1. The fraction of sp³-hybridized carbons (Fsp3) is 0.450. The van der Waals surface area contributed by atoms with E-state index in [-0.39, 0.29) is 12.5 Å². The van der Waals surface area contributed by atoms with Gasteiger partial charge in [0.2, 0.25) is 0 Å². The van der Waals surface area contributed by atoms with Crippen LogP contribution in [0.15, 0.2) is 42.6 Å². The third-order valence-corrected chi connectivity index (χ3v) is 4.71. The van der Waals surface area contributed by atoms with Gasteiger partial charge in [-0.1, -0.05) is 18.2 Å². The number of hydrogen-bond acceptors (Lipinski definition) is 6. The number of carbonyl (C=O) groups is 1. The molecule has 0 spiro atoms. The van der Waals surface area contributed by atoms with Crippen LogP contribution in [-0.4, -0.2) is 60.8 Å². The van der Waals surface area contributed by atoms with E-state index in [1.54, 1.807) is 20.3 Å². The predicted molar refractivity (Wildman–Crippen MR) is 105 cm³/mol. The maximum Gasteiger partial charge on any atom is 0.259 e. The molecule has 2 aromatic rings. The van der Waals surface area contributed by atoms with Gasteiger partial charge in [-0.15, -0.1) is 5.10 Å². The van der Waals surface area contributed by atoms with E-state index in [9.17, 15) is 4.79 Å². The Morgan fingerprint density at radius 2 is 2.15 bits per heavy atom. The van der Waals surface area contributed by atoms with Crippen LogP contribution in [-0.2, 0) is 11.3 Å². The van der Waals surface area contributed by atoms with Gasteiger partial charge in [0.25, 0.3) is 5.91 Å². The van der Waals surface area contributed by atoms with Crippen LogP contribution < -0.4 is 15.0 Å².